The number of nitrogens with zero attached hydrogens (tertiary/aromatic N) is 1. The highest BCUT2D eigenvalue weighted by atomic mass is 32.2. The summed E-state index contributed by atoms with van der Waals surface area (Å²) >= 11 is 0. The molecule has 1 aromatic rings. The number of anilines is 1. The van der Waals surface area contributed by atoms with E-state index in [1.54, 1.807) is 0 Å². The molecule has 0 spiro atoms. The summed E-state index contributed by atoms with van der Waals surface area (Å²) in [6.07, 6.45) is 1.25. The minimum absolute atomic E-state index is 0.188. The first-order chi connectivity index (χ1) is 9.81. The Bertz CT molecular complexity index is 635. The van der Waals surface area contributed by atoms with Gasteiger partial charge in [0, 0.05) is 18.7 Å². The zero-order valence-corrected chi connectivity index (χ0v) is 11.7. The summed E-state index contributed by atoms with van der Waals surface area (Å²) in [6.45, 7) is 0.736. The van der Waals surface area contributed by atoms with Crippen molar-refractivity contribution in [1.29, 1.82) is 0 Å². The lowest BCUT2D eigenvalue weighted by Crippen LogP contribution is -2.41. The molecule has 0 aliphatic carbocycles. The molecule has 2 rings (SSSR count). The lowest BCUT2D eigenvalue weighted by Gasteiger charge is -2.23. The predicted molar refractivity (Wildman–Crippen MR) is 71.6 cm³/mol. The second kappa shape index (κ2) is 5.92. The molecule has 8 nitrogen and oxygen atoms in total. The molecule has 1 fully saturated rings. The van der Waals surface area contributed by atoms with Crippen molar-refractivity contribution in [3.05, 3.63) is 28.1 Å². The van der Waals surface area contributed by atoms with Crippen LogP contribution in [-0.2, 0) is 14.8 Å². The van der Waals surface area contributed by atoms with Crippen molar-refractivity contribution in [2.24, 2.45) is 0 Å². The lowest BCUT2D eigenvalue weighted by molar-refractivity contribution is -0.385. The van der Waals surface area contributed by atoms with Crippen LogP contribution in [0.4, 0.5) is 15.8 Å². The summed E-state index contributed by atoms with van der Waals surface area (Å²) in [5, 5.41) is 10.6. The van der Waals surface area contributed by atoms with Crippen molar-refractivity contribution >= 4 is 21.4 Å². The van der Waals surface area contributed by atoms with E-state index in [2.05, 4.69) is 4.72 Å². The van der Waals surface area contributed by atoms with E-state index in [1.165, 1.54) is 0 Å². The van der Waals surface area contributed by atoms with Gasteiger partial charge in [-0.3, -0.25) is 10.1 Å². The van der Waals surface area contributed by atoms with Gasteiger partial charge in [-0.1, -0.05) is 0 Å². The van der Waals surface area contributed by atoms with Crippen molar-refractivity contribution in [3.8, 4) is 0 Å². The summed E-state index contributed by atoms with van der Waals surface area (Å²) < 4.78 is 45.7. The van der Waals surface area contributed by atoms with Crippen LogP contribution in [0, 0.1) is 15.9 Å². The normalized spacial score (nSPS) is 19.4. The van der Waals surface area contributed by atoms with Gasteiger partial charge < -0.3 is 10.5 Å². The van der Waals surface area contributed by atoms with E-state index in [-0.39, 0.29) is 6.61 Å². The Hall–Kier alpha value is -1.78. The first-order valence-corrected chi connectivity index (χ1v) is 7.63. The highest BCUT2D eigenvalue weighted by Crippen LogP contribution is 2.27. The van der Waals surface area contributed by atoms with Gasteiger partial charge >= 0.3 is 0 Å². The molecule has 1 heterocycles. The summed E-state index contributed by atoms with van der Waals surface area (Å²) in [5.41, 5.74) is 4.34. The Balaban J connectivity index is 2.33. The summed E-state index contributed by atoms with van der Waals surface area (Å²) in [5.74, 6) is -1.26. The number of nitrogens with one attached hydrogen (secondary N) is 1. The second-order valence-corrected chi connectivity index (χ2v) is 6.29. The Kier molecular flexibility index (Phi) is 4.40. The van der Waals surface area contributed by atoms with E-state index in [1.807, 2.05) is 0 Å². The Morgan fingerprint density at radius 1 is 1.48 bits per heavy atom. The molecule has 1 atom stereocenters. The molecule has 0 bridgehead atoms. The van der Waals surface area contributed by atoms with Crippen molar-refractivity contribution in [3.63, 3.8) is 0 Å². The van der Waals surface area contributed by atoms with Crippen LogP contribution in [0.5, 0.6) is 0 Å². The van der Waals surface area contributed by atoms with Gasteiger partial charge in [-0.25, -0.2) is 17.5 Å². The van der Waals surface area contributed by atoms with E-state index in [0.717, 1.165) is 6.07 Å². The number of ether oxygens (including phenoxy) is 1. The molecule has 0 aromatic heterocycles. The summed E-state index contributed by atoms with van der Waals surface area (Å²) in [7, 11) is -4.22. The monoisotopic (exact) mass is 319 g/mol. The van der Waals surface area contributed by atoms with Crippen LogP contribution in [0.1, 0.15) is 12.8 Å². The van der Waals surface area contributed by atoms with Gasteiger partial charge in [0.2, 0.25) is 10.0 Å². The molecular weight excluding hydrogens is 305 g/mol. The number of benzene rings is 1. The quantitative estimate of drug-likeness (QED) is 0.480. The number of halogens is 1. The molecule has 3 N–H and O–H groups in total. The maximum absolute atomic E-state index is 13.9. The van der Waals surface area contributed by atoms with Crippen LogP contribution >= 0.6 is 0 Å². The standard InChI is InChI=1S/C11H14FN3O5S/c12-9-4-8(15(16)17)5-10(13)11(9)21(18,19)14-7-2-1-3-20-6-7/h4-5,7,14H,1-3,6,13H2. The third kappa shape index (κ3) is 3.46. The minimum atomic E-state index is -4.22. The van der Waals surface area contributed by atoms with E-state index >= 15 is 0 Å². The molecule has 1 unspecified atom stereocenters. The van der Waals surface area contributed by atoms with Gasteiger partial charge in [0.25, 0.3) is 5.69 Å². The third-order valence-corrected chi connectivity index (χ3v) is 4.63. The second-order valence-electron chi connectivity index (χ2n) is 4.64. The molecule has 1 aliphatic rings. The number of rotatable bonds is 4. The van der Waals surface area contributed by atoms with Crippen molar-refractivity contribution in [1.82, 2.24) is 4.72 Å². The molecule has 1 saturated heterocycles. The third-order valence-electron chi connectivity index (χ3n) is 3.02. The van der Waals surface area contributed by atoms with Gasteiger partial charge in [0.1, 0.15) is 4.90 Å². The van der Waals surface area contributed by atoms with Crippen LogP contribution in [0.25, 0.3) is 0 Å². The number of nitro benzene ring substituents is 1. The maximum atomic E-state index is 13.9. The molecule has 0 radical (unpaired) electrons. The van der Waals surface area contributed by atoms with Gasteiger partial charge in [-0.15, -0.1) is 0 Å². The maximum Gasteiger partial charge on any atom is 0.274 e. The van der Waals surface area contributed by atoms with Crippen LogP contribution in [-0.4, -0.2) is 32.6 Å². The highest BCUT2D eigenvalue weighted by Gasteiger charge is 2.29. The van der Waals surface area contributed by atoms with Crippen LogP contribution < -0.4 is 10.5 Å². The average molecular weight is 319 g/mol. The molecule has 116 valence electrons. The smallest absolute Gasteiger partial charge is 0.274 e. The molecule has 21 heavy (non-hydrogen) atoms. The molecule has 0 amide bonds. The number of hydrogen-bond acceptors (Lipinski definition) is 6. The van der Waals surface area contributed by atoms with Crippen molar-refractivity contribution in [2.75, 3.05) is 18.9 Å². The van der Waals surface area contributed by atoms with Gasteiger partial charge in [0.15, 0.2) is 5.82 Å². The van der Waals surface area contributed by atoms with Crippen LogP contribution in [0.15, 0.2) is 17.0 Å². The minimum Gasteiger partial charge on any atom is -0.397 e. The topological polar surface area (TPSA) is 125 Å². The van der Waals surface area contributed by atoms with E-state index in [0.29, 0.717) is 25.5 Å². The molecule has 10 heteroatoms. The summed E-state index contributed by atoms with van der Waals surface area (Å²) in [4.78, 5) is 8.96. The lowest BCUT2D eigenvalue weighted by atomic mass is 10.1. The van der Waals surface area contributed by atoms with E-state index in [4.69, 9.17) is 10.5 Å². The van der Waals surface area contributed by atoms with E-state index in [9.17, 15) is 22.9 Å². The van der Waals surface area contributed by atoms with Gasteiger partial charge in [-0.2, -0.15) is 0 Å². The van der Waals surface area contributed by atoms with Gasteiger partial charge in [-0.05, 0) is 12.8 Å². The first-order valence-electron chi connectivity index (χ1n) is 6.15. The largest absolute Gasteiger partial charge is 0.397 e. The summed E-state index contributed by atoms with van der Waals surface area (Å²) in [6, 6.07) is 0.870. The number of sulfonamides is 1. The molecular formula is C11H14FN3O5S. The average Bonchev–Trinajstić information content (AvgIpc) is 2.37. The Labute approximate surface area is 120 Å². The number of nitrogen functional groups attached to an aromatic ring is 1. The Morgan fingerprint density at radius 2 is 2.19 bits per heavy atom. The predicted octanol–water partition coefficient (Wildman–Crippen LogP) is 0.773. The number of non-ortho nitro benzene ring substituents is 1. The number of hydrogen-bond donors (Lipinski definition) is 2. The Morgan fingerprint density at radius 3 is 2.71 bits per heavy atom. The fraction of sp³-hybridized carbons (Fsp3) is 0.455. The van der Waals surface area contributed by atoms with Crippen LogP contribution in [0.3, 0.4) is 0 Å². The van der Waals surface area contributed by atoms with Crippen LogP contribution in [0.2, 0.25) is 0 Å². The fourth-order valence-corrected chi connectivity index (χ4v) is 3.53. The fourth-order valence-electron chi connectivity index (χ4n) is 2.10. The molecule has 1 aliphatic heterocycles. The highest BCUT2D eigenvalue weighted by molar-refractivity contribution is 7.89. The zero-order chi connectivity index (χ0) is 15.6. The number of nitro groups is 1. The first kappa shape index (κ1) is 15.6. The number of nitrogens with two attached hydrogens (primary N) is 1. The zero-order valence-electron chi connectivity index (χ0n) is 10.9. The van der Waals surface area contributed by atoms with E-state index < -0.39 is 43.1 Å². The van der Waals surface area contributed by atoms with Crippen molar-refractivity contribution in [2.45, 2.75) is 23.8 Å². The SMILES string of the molecule is Nc1cc([N+](=O)[O-])cc(F)c1S(=O)(=O)NC1CCCOC1. The molecule has 1 aromatic carbocycles. The van der Waals surface area contributed by atoms with Crippen molar-refractivity contribution < 1.29 is 22.5 Å². The molecule has 0 saturated carbocycles. The van der Waals surface area contributed by atoms with Gasteiger partial charge in [0.05, 0.1) is 23.3 Å².